The van der Waals surface area contributed by atoms with Crippen LogP contribution in [-0.4, -0.2) is 38.4 Å². The first kappa shape index (κ1) is 15.4. The molecule has 4 heterocycles. The maximum absolute atomic E-state index is 12.5. The number of hydrogen-bond donors (Lipinski definition) is 2. The lowest BCUT2D eigenvalue weighted by Crippen LogP contribution is -2.27. The summed E-state index contributed by atoms with van der Waals surface area (Å²) in [4.78, 5) is 30.5. The second-order valence-electron chi connectivity index (χ2n) is 6.19. The van der Waals surface area contributed by atoms with Crippen LogP contribution < -0.4 is 5.32 Å². The van der Waals surface area contributed by atoms with Gasteiger partial charge in [-0.3, -0.25) is 14.7 Å². The van der Waals surface area contributed by atoms with Crippen molar-refractivity contribution in [1.82, 2.24) is 20.1 Å². The smallest absolute Gasteiger partial charge is 0.229 e. The van der Waals surface area contributed by atoms with Crippen molar-refractivity contribution in [1.29, 1.82) is 0 Å². The number of aryl methyl sites for hydroxylation is 1. The minimum atomic E-state index is -0.386. The van der Waals surface area contributed by atoms with E-state index < -0.39 is 0 Å². The minimum Gasteiger partial charge on any atom is -0.467 e. The lowest BCUT2D eigenvalue weighted by molar-refractivity contribution is -0.128. The molecule has 1 fully saturated rings. The van der Waals surface area contributed by atoms with Crippen LogP contribution in [0.4, 0.5) is 5.69 Å². The number of pyridine rings is 1. The van der Waals surface area contributed by atoms with Gasteiger partial charge in [0, 0.05) is 24.0 Å². The van der Waals surface area contributed by atoms with E-state index in [1.807, 2.05) is 19.1 Å². The Kier molecular flexibility index (Phi) is 3.72. The zero-order valence-electron chi connectivity index (χ0n) is 13.7. The molecule has 128 valence electrons. The Morgan fingerprint density at radius 1 is 1.52 bits per heavy atom. The molecule has 3 aromatic heterocycles. The summed E-state index contributed by atoms with van der Waals surface area (Å²) in [5.74, 6) is 0.0940. The van der Waals surface area contributed by atoms with Gasteiger partial charge in [0.2, 0.25) is 11.8 Å². The minimum absolute atomic E-state index is 0.0455. The highest BCUT2D eigenvalue weighted by Gasteiger charge is 2.34. The third-order valence-electron chi connectivity index (χ3n) is 4.38. The van der Waals surface area contributed by atoms with Gasteiger partial charge in [0.1, 0.15) is 5.76 Å². The van der Waals surface area contributed by atoms with Gasteiger partial charge in [-0.05, 0) is 25.1 Å². The van der Waals surface area contributed by atoms with E-state index in [9.17, 15) is 9.59 Å². The van der Waals surface area contributed by atoms with Crippen LogP contribution in [0, 0.1) is 12.8 Å². The van der Waals surface area contributed by atoms with E-state index in [1.54, 1.807) is 23.4 Å². The first-order chi connectivity index (χ1) is 12.1. The SMILES string of the molecule is Cc1[nH]nc2ncc(NC(=O)[C@@H]3CC(=O)N(Cc4ccco4)C3)cc12. The van der Waals surface area contributed by atoms with Crippen molar-refractivity contribution in [2.45, 2.75) is 19.9 Å². The number of amides is 2. The Morgan fingerprint density at radius 2 is 2.40 bits per heavy atom. The number of H-pyrrole nitrogens is 1. The molecule has 8 heteroatoms. The lowest BCUT2D eigenvalue weighted by Gasteiger charge is -2.15. The standard InChI is InChI=1S/C17H17N5O3/c1-10-14-6-12(7-18-16(14)21-20-10)19-17(24)11-5-15(23)22(8-11)9-13-3-2-4-25-13/h2-4,6-7,11H,5,8-9H2,1H3,(H,19,24)(H,18,20,21)/t11-/m1/s1. The third-order valence-corrected chi connectivity index (χ3v) is 4.38. The summed E-state index contributed by atoms with van der Waals surface area (Å²) in [7, 11) is 0. The largest absolute Gasteiger partial charge is 0.467 e. The predicted molar refractivity (Wildman–Crippen MR) is 89.5 cm³/mol. The van der Waals surface area contributed by atoms with Crippen LogP contribution in [0.15, 0.2) is 35.1 Å². The number of carbonyl (C=O) groups is 2. The maximum Gasteiger partial charge on any atom is 0.229 e. The van der Waals surface area contributed by atoms with Gasteiger partial charge in [-0.25, -0.2) is 4.98 Å². The number of aromatic amines is 1. The number of likely N-dealkylation sites (tertiary alicyclic amines) is 1. The molecule has 1 aliphatic rings. The summed E-state index contributed by atoms with van der Waals surface area (Å²) in [6.45, 7) is 2.66. The van der Waals surface area contributed by atoms with Crippen LogP contribution in [0.25, 0.3) is 11.0 Å². The average molecular weight is 339 g/mol. The number of anilines is 1. The van der Waals surface area contributed by atoms with E-state index >= 15 is 0 Å². The number of furan rings is 1. The molecule has 3 aromatic rings. The first-order valence-electron chi connectivity index (χ1n) is 8.02. The van der Waals surface area contributed by atoms with Crippen molar-refractivity contribution in [2.75, 3.05) is 11.9 Å². The number of aromatic nitrogens is 3. The van der Waals surface area contributed by atoms with Gasteiger partial charge in [0.25, 0.3) is 0 Å². The van der Waals surface area contributed by atoms with Crippen LogP contribution in [0.3, 0.4) is 0 Å². The summed E-state index contributed by atoms with van der Waals surface area (Å²) in [6.07, 6.45) is 3.34. The van der Waals surface area contributed by atoms with Crippen LogP contribution >= 0.6 is 0 Å². The summed E-state index contributed by atoms with van der Waals surface area (Å²) in [5.41, 5.74) is 2.09. The molecule has 0 unspecified atom stereocenters. The summed E-state index contributed by atoms with van der Waals surface area (Å²) in [5, 5.41) is 10.6. The number of carbonyl (C=O) groups excluding carboxylic acids is 2. The summed E-state index contributed by atoms with van der Waals surface area (Å²) >= 11 is 0. The Balaban J connectivity index is 1.43. The van der Waals surface area contributed by atoms with Crippen LogP contribution in [-0.2, 0) is 16.1 Å². The topological polar surface area (TPSA) is 104 Å². The molecule has 2 N–H and O–H groups in total. The zero-order valence-corrected chi connectivity index (χ0v) is 13.7. The van der Waals surface area contributed by atoms with Crippen molar-refractivity contribution in [3.8, 4) is 0 Å². The maximum atomic E-state index is 12.5. The second kappa shape index (κ2) is 6.04. The van der Waals surface area contributed by atoms with Gasteiger partial charge in [-0.1, -0.05) is 0 Å². The molecule has 0 radical (unpaired) electrons. The van der Waals surface area contributed by atoms with Crippen molar-refractivity contribution >= 4 is 28.5 Å². The fraction of sp³-hybridized carbons (Fsp3) is 0.294. The molecule has 2 amide bonds. The summed E-state index contributed by atoms with van der Waals surface area (Å²) in [6, 6.07) is 5.42. The Bertz CT molecular complexity index is 931. The molecule has 0 bridgehead atoms. The van der Waals surface area contributed by atoms with E-state index in [0.717, 1.165) is 11.1 Å². The normalized spacial score (nSPS) is 17.4. The molecule has 1 atom stereocenters. The molecular formula is C17H17N5O3. The van der Waals surface area contributed by atoms with E-state index in [2.05, 4.69) is 20.5 Å². The van der Waals surface area contributed by atoms with Crippen molar-refractivity contribution in [3.63, 3.8) is 0 Å². The molecule has 25 heavy (non-hydrogen) atoms. The third kappa shape index (κ3) is 2.98. The fourth-order valence-corrected chi connectivity index (χ4v) is 3.02. The number of nitrogens with zero attached hydrogens (tertiary/aromatic N) is 3. The van der Waals surface area contributed by atoms with Gasteiger partial charge in [-0.2, -0.15) is 5.10 Å². The number of hydrogen-bond acceptors (Lipinski definition) is 5. The van der Waals surface area contributed by atoms with Crippen molar-refractivity contribution < 1.29 is 14.0 Å². The average Bonchev–Trinajstić information content (AvgIpc) is 3.31. The molecule has 0 aromatic carbocycles. The molecule has 4 rings (SSSR count). The van der Waals surface area contributed by atoms with Crippen molar-refractivity contribution in [3.05, 3.63) is 42.1 Å². The van der Waals surface area contributed by atoms with Gasteiger partial charge >= 0.3 is 0 Å². The number of nitrogens with one attached hydrogen (secondary N) is 2. The first-order valence-corrected chi connectivity index (χ1v) is 8.02. The zero-order chi connectivity index (χ0) is 17.4. The molecule has 1 aliphatic heterocycles. The summed E-state index contributed by atoms with van der Waals surface area (Å²) < 4.78 is 5.27. The predicted octanol–water partition coefficient (Wildman–Crippen LogP) is 1.85. The van der Waals surface area contributed by atoms with E-state index in [-0.39, 0.29) is 24.2 Å². The lowest BCUT2D eigenvalue weighted by atomic mass is 10.1. The molecule has 0 saturated carbocycles. The van der Waals surface area contributed by atoms with Crippen LogP contribution in [0.5, 0.6) is 0 Å². The van der Waals surface area contributed by atoms with E-state index in [0.29, 0.717) is 30.2 Å². The Hall–Kier alpha value is -3.16. The van der Waals surface area contributed by atoms with Crippen LogP contribution in [0.2, 0.25) is 0 Å². The molecule has 0 aliphatic carbocycles. The molecular weight excluding hydrogens is 322 g/mol. The van der Waals surface area contributed by atoms with Gasteiger partial charge in [-0.15, -0.1) is 0 Å². The monoisotopic (exact) mass is 339 g/mol. The van der Waals surface area contributed by atoms with Crippen LogP contribution in [0.1, 0.15) is 17.9 Å². The van der Waals surface area contributed by atoms with Gasteiger partial charge in [0.15, 0.2) is 5.65 Å². The van der Waals surface area contributed by atoms with Gasteiger partial charge in [0.05, 0.1) is 30.6 Å². The number of fused-ring (bicyclic) bond motifs is 1. The Labute approximate surface area is 143 Å². The van der Waals surface area contributed by atoms with E-state index in [1.165, 1.54) is 0 Å². The molecule has 8 nitrogen and oxygen atoms in total. The number of rotatable bonds is 4. The molecule has 1 saturated heterocycles. The van der Waals surface area contributed by atoms with E-state index in [4.69, 9.17) is 4.42 Å². The second-order valence-corrected chi connectivity index (χ2v) is 6.19. The van der Waals surface area contributed by atoms with Crippen molar-refractivity contribution in [2.24, 2.45) is 5.92 Å². The highest BCUT2D eigenvalue weighted by Crippen LogP contribution is 2.23. The Morgan fingerprint density at radius 3 is 3.20 bits per heavy atom. The fourth-order valence-electron chi connectivity index (χ4n) is 3.02. The molecule has 0 spiro atoms. The highest BCUT2D eigenvalue weighted by molar-refractivity contribution is 5.98. The quantitative estimate of drug-likeness (QED) is 0.755. The highest BCUT2D eigenvalue weighted by atomic mass is 16.3. The van der Waals surface area contributed by atoms with Gasteiger partial charge < -0.3 is 14.6 Å².